The van der Waals surface area contributed by atoms with E-state index in [1.165, 1.54) is 0 Å². The molecule has 0 radical (unpaired) electrons. The van der Waals surface area contributed by atoms with Gasteiger partial charge in [-0.1, -0.05) is 13.8 Å². The van der Waals surface area contributed by atoms with Crippen molar-refractivity contribution in [1.82, 2.24) is 24.5 Å². The first-order chi connectivity index (χ1) is 10.2. The van der Waals surface area contributed by atoms with Gasteiger partial charge in [-0.05, 0) is 24.4 Å². The zero-order valence-corrected chi connectivity index (χ0v) is 12.9. The molecule has 0 aliphatic rings. The summed E-state index contributed by atoms with van der Waals surface area (Å²) in [6, 6.07) is 0.242. The standard InChI is InChI=1S/C13H19ClN6O/c1-3-10(4-2)20(7-8-21)13-17-11(14)16-12(18-13)19-6-5-15-9-19/h5-6,9-10,21H,3-4,7-8H2,1-2H3. The summed E-state index contributed by atoms with van der Waals surface area (Å²) < 4.78 is 1.67. The highest BCUT2D eigenvalue weighted by molar-refractivity contribution is 6.28. The van der Waals surface area contributed by atoms with E-state index in [2.05, 4.69) is 33.8 Å². The molecule has 2 rings (SSSR count). The monoisotopic (exact) mass is 310 g/mol. The number of anilines is 1. The lowest BCUT2D eigenvalue weighted by Gasteiger charge is -2.30. The average molecular weight is 311 g/mol. The molecule has 0 aliphatic heterocycles. The van der Waals surface area contributed by atoms with Crippen molar-refractivity contribution in [2.45, 2.75) is 32.7 Å². The van der Waals surface area contributed by atoms with Crippen LogP contribution in [0.25, 0.3) is 5.95 Å². The van der Waals surface area contributed by atoms with E-state index in [9.17, 15) is 5.11 Å². The fourth-order valence-corrected chi connectivity index (χ4v) is 2.39. The number of imidazole rings is 1. The van der Waals surface area contributed by atoms with E-state index in [1.807, 2.05) is 4.90 Å². The number of aliphatic hydroxyl groups excluding tert-OH is 1. The van der Waals surface area contributed by atoms with Crippen molar-refractivity contribution in [3.63, 3.8) is 0 Å². The number of aromatic nitrogens is 5. The predicted molar refractivity (Wildman–Crippen MR) is 80.8 cm³/mol. The number of halogens is 1. The van der Waals surface area contributed by atoms with Crippen LogP contribution >= 0.6 is 11.6 Å². The molecule has 2 aromatic rings. The van der Waals surface area contributed by atoms with Crippen molar-refractivity contribution >= 4 is 17.5 Å². The van der Waals surface area contributed by atoms with Gasteiger partial charge >= 0.3 is 0 Å². The van der Waals surface area contributed by atoms with Gasteiger partial charge in [-0.15, -0.1) is 0 Å². The van der Waals surface area contributed by atoms with Gasteiger partial charge in [0, 0.05) is 25.0 Å². The first-order valence-corrected chi connectivity index (χ1v) is 7.34. The third-order valence-corrected chi connectivity index (χ3v) is 3.47. The minimum absolute atomic E-state index is 0.0280. The molecule has 2 aromatic heterocycles. The largest absolute Gasteiger partial charge is 0.395 e. The van der Waals surface area contributed by atoms with Crippen LogP contribution in [-0.4, -0.2) is 48.8 Å². The molecular formula is C13H19ClN6O. The lowest BCUT2D eigenvalue weighted by atomic mass is 10.1. The van der Waals surface area contributed by atoms with E-state index in [0.717, 1.165) is 12.8 Å². The summed E-state index contributed by atoms with van der Waals surface area (Å²) in [6.45, 7) is 4.67. The van der Waals surface area contributed by atoms with Crippen molar-refractivity contribution in [3.05, 3.63) is 24.0 Å². The highest BCUT2D eigenvalue weighted by Crippen LogP contribution is 2.18. The number of nitrogens with zero attached hydrogens (tertiary/aromatic N) is 6. The van der Waals surface area contributed by atoms with Crippen molar-refractivity contribution in [2.75, 3.05) is 18.1 Å². The third-order valence-electron chi connectivity index (χ3n) is 3.30. The minimum Gasteiger partial charge on any atom is -0.395 e. The van der Waals surface area contributed by atoms with Gasteiger partial charge in [0.15, 0.2) is 0 Å². The third kappa shape index (κ3) is 3.68. The van der Waals surface area contributed by atoms with Crippen LogP contribution in [0.4, 0.5) is 5.95 Å². The summed E-state index contributed by atoms with van der Waals surface area (Å²) in [4.78, 5) is 18.7. The maximum atomic E-state index is 9.30. The minimum atomic E-state index is 0.0280. The summed E-state index contributed by atoms with van der Waals surface area (Å²) in [5.41, 5.74) is 0. The second-order valence-electron chi connectivity index (χ2n) is 4.56. The number of hydrogen-bond donors (Lipinski definition) is 1. The summed E-state index contributed by atoms with van der Waals surface area (Å²) in [6.07, 6.45) is 6.84. The zero-order chi connectivity index (χ0) is 15.2. The second kappa shape index (κ2) is 7.33. The number of rotatable bonds is 7. The van der Waals surface area contributed by atoms with Gasteiger partial charge in [0.25, 0.3) is 0 Å². The Morgan fingerprint density at radius 3 is 2.62 bits per heavy atom. The van der Waals surface area contributed by atoms with E-state index >= 15 is 0 Å². The zero-order valence-electron chi connectivity index (χ0n) is 12.1. The van der Waals surface area contributed by atoms with Crippen molar-refractivity contribution < 1.29 is 5.11 Å². The molecule has 7 nitrogen and oxygen atoms in total. The van der Waals surface area contributed by atoms with Crippen LogP contribution in [0.2, 0.25) is 5.28 Å². The number of hydrogen-bond acceptors (Lipinski definition) is 6. The van der Waals surface area contributed by atoms with E-state index < -0.39 is 0 Å². The molecule has 0 saturated heterocycles. The fraction of sp³-hybridized carbons (Fsp3) is 0.538. The molecule has 2 heterocycles. The highest BCUT2D eigenvalue weighted by Gasteiger charge is 2.19. The molecule has 8 heteroatoms. The van der Waals surface area contributed by atoms with Gasteiger partial charge in [-0.2, -0.15) is 15.0 Å². The van der Waals surface area contributed by atoms with Gasteiger partial charge in [0.1, 0.15) is 6.33 Å². The Labute approximate surface area is 128 Å². The van der Waals surface area contributed by atoms with E-state index in [1.54, 1.807) is 23.3 Å². The van der Waals surface area contributed by atoms with Gasteiger partial charge in [0.2, 0.25) is 17.2 Å². The van der Waals surface area contributed by atoms with Crippen LogP contribution in [0.5, 0.6) is 0 Å². The van der Waals surface area contributed by atoms with Crippen molar-refractivity contribution in [3.8, 4) is 5.95 Å². The Morgan fingerprint density at radius 1 is 1.29 bits per heavy atom. The molecule has 0 bridgehead atoms. The van der Waals surface area contributed by atoms with Gasteiger partial charge in [-0.25, -0.2) is 4.98 Å². The average Bonchev–Trinajstić information content (AvgIpc) is 3.01. The second-order valence-corrected chi connectivity index (χ2v) is 4.90. The quantitative estimate of drug-likeness (QED) is 0.838. The first-order valence-electron chi connectivity index (χ1n) is 6.97. The molecule has 0 atom stereocenters. The Kier molecular flexibility index (Phi) is 5.46. The smallest absolute Gasteiger partial charge is 0.241 e. The van der Waals surface area contributed by atoms with Gasteiger partial charge in [0.05, 0.1) is 6.61 Å². The Morgan fingerprint density at radius 2 is 2.05 bits per heavy atom. The Hall–Kier alpha value is -1.73. The lowest BCUT2D eigenvalue weighted by Crippen LogP contribution is -2.38. The molecule has 0 saturated carbocycles. The topological polar surface area (TPSA) is 80.0 Å². The molecule has 114 valence electrons. The SMILES string of the molecule is CCC(CC)N(CCO)c1nc(Cl)nc(-n2ccnc2)n1. The maximum absolute atomic E-state index is 9.30. The first kappa shape index (κ1) is 15.7. The maximum Gasteiger partial charge on any atom is 0.241 e. The molecule has 0 aliphatic carbocycles. The van der Waals surface area contributed by atoms with Crippen LogP contribution in [-0.2, 0) is 0 Å². The fourth-order valence-electron chi connectivity index (χ4n) is 2.23. The van der Waals surface area contributed by atoms with E-state index in [4.69, 9.17) is 11.6 Å². The highest BCUT2D eigenvalue weighted by atomic mass is 35.5. The Bertz CT molecular complexity index is 558. The van der Waals surface area contributed by atoms with Gasteiger partial charge in [-0.3, -0.25) is 4.57 Å². The van der Waals surface area contributed by atoms with E-state index in [0.29, 0.717) is 18.4 Å². The van der Waals surface area contributed by atoms with Crippen molar-refractivity contribution in [2.24, 2.45) is 0 Å². The molecule has 0 spiro atoms. The van der Waals surface area contributed by atoms with E-state index in [-0.39, 0.29) is 17.9 Å². The number of aliphatic hydroxyl groups is 1. The van der Waals surface area contributed by atoms with Crippen LogP contribution < -0.4 is 4.90 Å². The van der Waals surface area contributed by atoms with Gasteiger partial charge < -0.3 is 10.0 Å². The Balaban J connectivity index is 2.40. The van der Waals surface area contributed by atoms with Crippen LogP contribution in [0.1, 0.15) is 26.7 Å². The summed E-state index contributed by atoms with van der Waals surface area (Å²) in [5.74, 6) is 0.887. The van der Waals surface area contributed by atoms with Crippen molar-refractivity contribution in [1.29, 1.82) is 0 Å². The molecule has 0 fully saturated rings. The molecule has 1 N–H and O–H groups in total. The van der Waals surface area contributed by atoms with Crippen LogP contribution in [0.15, 0.2) is 18.7 Å². The summed E-state index contributed by atoms with van der Waals surface area (Å²) >= 11 is 6.02. The molecular weight excluding hydrogens is 292 g/mol. The predicted octanol–water partition coefficient (Wildman–Crippen LogP) is 1.70. The normalized spacial score (nSPS) is 11.1. The van der Waals surface area contributed by atoms with Crippen LogP contribution in [0.3, 0.4) is 0 Å². The van der Waals surface area contributed by atoms with Crippen LogP contribution in [0, 0.1) is 0 Å². The summed E-state index contributed by atoms with van der Waals surface area (Å²) in [7, 11) is 0. The molecule has 21 heavy (non-hydrogen) atoms. The molecule has 0 amide bonds. The summed E-state index contributed by atoms with van der Waals surface area (Å²) in [5, 5.41) is 9.42. The lowest BCUT2D eigenvalue weighted by molar-refractivity contribution is 0.295. The molecule has 0 aromatic carbocycles. The molecule has 0 unspecified atom stereocenters.